The zero-order chi connectivity index (χ0) is 12.2. The third-order valence-electron chi connectivity index (χ3n) is 3.92. The van der Waals surface area contributed by atoms with Crippen LogP contribution < -0.4 is 0 Å². The molecule has 1 aliphatic carbocycles. The summed E-state index contributed by atoms with van der Waals surface area (Å²) in [6, 6.07) is 10.7. The fraction of sp³-hybridized carbons (Fsp3) is 0.200. The molecule has 1 N–H and O–H groups in total. The van der Waals surface area contributed by atoms with Crippen molar-refractivity contribution in [2.45, 2.75) is 18.3 Å². The first-order valence-corrected chi connectivity index (χ1v) is 6.10. The zero-order valence-corrected chi connectivity index (χ0v) is 9.77. The summed E-state index contributed by atoms with van der Waals surface area (Å²) in [4.78, 5) is 7.56. The fourth-order valence-corrected chi connectivity index (χ4v) is 2.63. The summed E-state index contributed by atoms with van der Waals surface area (Å²) in [7, 11) is 0. The van der Waals surface area contributed by atoms with Gasteiger partial charge in [0, 0.05) is 34.2 Å². The van der Waals surface area contributed by atoms with Crippen molar-refractivity contribution in [2.24, 2.45) is 0 Å². The lowest BCUT2D eigenvalue weighted by Crippen LogP contribution is -2.01. The first-order valence-electron chi connectivity index (χ1n) is 6.10. The average molecular weight is 233 g/mol. The highest BCUT2D eigenvalue weighted by atomic mass is 14.7. The molecule has 1 aromatic carbocycles. The largest absolute Gasteiger partial charge is 0.354 e. The molecule has 1 aliphatic rings. The van der Waals surface area contributed by atoms with Gasteiger partial charge in [0.25, 0.3) is 0 Å². The Bertz CT molecular complexity index is 803. The van der Waals surface area contributed by atoms with Gasteiger partial charge in [0.15, 0.2) is 0 Å². The van der Waals surface area contributed by atoms with Crippen molar-refractivity contribution in [2.75, 3.05) is 0 Å². The van der Waals surface area contributed by atoms with Crippen LogP contribution in [0.5, 0.6) is 0 Å². The van der Waals surface area contributed by atoms with Crippen LogP contribution >= 0.6 is 0 Å². The van der Waals surface area contributed by atoms with Crippen molar-refractivity contribution in [1.82, 2.24) is 9.97 Å². The number of nitrogens with zero attached hydrogens (tertiary/aromatic N) is 2. The molecule has 0 radical (unpaired) electrons. The lowest BCUT2D eigenvalue weighted by Gasteiger charge is -2.05. The Balaban J connectivity index is 2.02. The van der Waals surface area contributed by atoms with Crippen LogP contribution in [0.1, 0.15) is 18.4 Å². The highest BCUT2D eigenvalue weighted by Gasteiger charge is 2.44. The number of aromatic amines is 1. The maximum atomic E-state index is 9.25. The molecule has 4 rings (SSSR count). The number of nitriles is 1. The van der Waals surface area contributed by atoms with E-state index in [2.05, 4.69) is 34.2 Å². The molecular formula is C15H11N3. The number of rotatable bonds is 1. The Morgan fingerprint density at radius 2 is 2.06 bits per heavy atom. The monoisotopic (exact) mass is 233 g/mol. The summed E-state index contributed by atoms with van der Waals surface area (Å²) in [5.41, 5.74) is 3.11. The molecule has 1 saturated carbocycles. The molecule has 3 heteroatoms. The predicted octanol–water partition coefficient (Wildman–Crippen LogP) is 3.27. The number of hydrogen-bond donors (Lipinski definition) is 1. The van der Waals surface area contributed by atoms with Crippen LogP contribution in [0.25, 0.3) is 21.8 Å². The molecule has 2 aromatic heterocycles. The van der Waals surface area contributed by atoms with E-state index in [9.17, 15) is 5.26 Å². The van der Waals surface area contributed by atoms with Gasteiger partial charge in [0.05, 0.1) is 11.5 Å². The maximum Gasteiger partial charge on any atom is 0.0824 e. The van der Waals surface area contributed by atoms with E-state index in [1.54, 1.807) is 6.20 Å². The van der Waals surface area contributed by atoms with Gasteiger partial charge in [0.2, 0.25) is 0 Å². The van der Waals surface area contributed by atoms with Gasteiger partial charge in [-0.15, -0.1) is 0 Å². The summed E-state index contributed by atoms with van der Waals surface area (Å²) >= 11 is 0. The summed E-state index contributed by atoms with van der Waals surface area (Å²) in [6.07, 6.45) is 5.63. The Morgan fingerprint density at radius 3 is 2.83 bits per heavy atom. The molecule has 3 nitrogen and oxygen atoms in total. The molecule has 0 aliphatic heterocycles. The summed E-state index contributed by atoms with van der Waals surface area (Å²) in [6.45, 7) is 0. The van der Waals surface area contributed by atoms with E-state index in [0.717, 1.165) is 34.8 Å². The van der Waals surface area contributed by atoms with Gasteiger partial charge in [-0.1, -0.05) is 12.1 Å². The Hall–Kier alpha value is -2.34. The number of nitrogens with one attached hydrogen (secondary N) is 1. The third kappa shape index (κ3) is 1.15. The van der Waals surface area contributed by atoms with Crippen molar-refractivity contribution < 1.29 is 0 Å². The van der Waals surface area contributed by atoms with Gasteiger partial charge < -0.3 is 4.98 Å². The van der Waals surface area contributed by atoms with Crippen LogP contribution in [0.2, 0.25) is 0 Å². The predicted molar refractivity (Wildman–Crippen MR) is 70.1 cm³/mol. The van der Waals surface area contributed by atoms with Gasteiger partial charge in [0.1, 0.15) is 0 Å². The van der Waals surface area contributed by atoms with Crippen LogP contribution in [0.3, 0.4) is 0 Å². The number of benzene rings is 1. The zero-order valence-electron chi connectivity index (χ0n) is 9.77. The Kier molecular flexibility index (Phi) is 1.67. The average Bonchev–Trinajstić information content (AvgIpc) is 3.13. The number of aromatic nitrogens is 2. The highest BCUT2D eigenvalue weighted by molar-refractivity contribution is 6.06. The number of hydrogen-bond acceptors (Lipinski definition) is 2. The van der Waals surface area contributed by atoms with Crippen molar-refractivity contribution in [3.63, 3.8) is 0 Å². The molecule has 0 saturated heterocycles. The quantitative estimate of drug-likeness (QED) is 0.701. The van der Waals surface area contributed by atoms with Crippen LogP contribution in [-0.4, -0.2) is 9.97 Å². The van der Waals surface area contributed by atoms with Crippen LogP contribution in [0.4, 0.5) is 0 Å². The first-order chi connectivity index (χ1) is 8.82. The minimum Gasteiger partial charge on any atom is -0.354 e. The van der Waals surface area contributed by atoms with Gasteiger partial charge in [-0.25, -0.2) is 0 Å². The molecule has 0 spiro atoms. The van der Waals surface area contributed by atoms with Gasteiger partial charge in [-0.3, -0.25) is 4.98 Å². The summed E-state index contributed by atoms with van der Waals surface area (Å²) in [5, 5.41) is 11.6. The molecule has 0 unspecified atom stereocenters. The van der Waals surface area contributed by atoms with E-state index in [4.69, 9.17) is 0 Å². The molecule has 86 valence electrons. The smallest absolute Gasteiger partial charge is 0.0824 e. The highest BCUT2D eigenvalue weighted by Crippen LogP contribution is 2.48. The second-order valence-electron chi connectivity index (χ2n) is 5.00. The Morgan fingerprint density at radius 1 is 1.17 bits per heavy atom. The first kappa shape index (κ1) is 9.67. The second-order valence-corrected chi connectivity index (χ2v) is 5.00. The fourth-order valence-electron chi connectivity index (χ4n) is 2.63. The molecule has 18 heavy (non-hydrogen) atoms. The van der Waals surface area contributed by atoms with E-state index in [1.165, 1.54) is 5.39 Å². The van der Waals surface area contributed by atoms with Crippen molar-refractivity contribution >= 4 is 21.8 Å². The van der Waals surface area contributed by atoms with Gasteiger partial charge in [-0.05, 0) is 30.5 Å². The number of H-pyrrole nitrogens is 1. The third-order valence-corrected chi connectivity index (χ3v) is 3.92. The lowest BCUT2D eigenvalue weighted by molar-refractivity contribution is 0.911. The van der Waals surface area contributed by atoms with Crippen molar-refractivity contribution in [3.05, 3.63) is 42.2 Å². The standard InChI is InChI=1S/C15H11N3/c16-9-15(4-5-15)10-1-2-11-12-8-17-6-3-13(12)18-14(11)7-10/h1-3,6-8,18H,4-5H2. The van der Waals surface area contributed by atoms with Crippen LogP contribution in [-0.2, 0) is 5.41 Å². The van der Waals surface area contributed by atoms with Crippen LogP contribution in [0.15, 0.2) is 36.7 Å². The second kappa shape index (κ2) is 3.11. The maximum absolute atomic E-state index is 9.25. The van der Waals surface area contributed by atoms with E-state index >= 15 is 0 Å². The lowest BCUT2D eigenvalue weighted by atomic mass is 9.96. The molecule has 1 fully saturated rings. The molecular weight excluding hydrogens is 222 g/mol. The summed E-state index contributed by atoms with van der Waals surface area (Å²) < 4.78 is 0. The topological polar surface area (TPSA) is 52.5 Å². The minimum atomic E-state index is -0.219. The summed E-state index contributed by atoms with van der Waals surface area (Å²) in [5.74, 6) is 0. The van der Waals surface area contributed by atoms with E-state index in [0.29, 0.717) is 0 Å². The van der Waals surface area contributed by atoms with Crippen LogP contribution in [0, 0.1) is 11.3 Å². The number of fused-ring (bicyclic) bond motifs is 3. The van der Waals surface area contributed by atoms with Crippen molar-refractivity contribution in [1.29, 1.82) is 5.26 Å². The van der Waals surface area contributed by atoms with Gasteiger partial charge in [-0.2, -0.15) is 5.26 Å². The molecule has 0 amide bonds. The van der Waals surface area contributed by atoms with E-state index in [-0.39, 0.29) is 5.41 Å². The molecule has 0 bridgehead atoms. The van der Waals surface area contributed by atoms with E-state index in [1.807, 2.05) is 12.3 Å². The number of pyridine rings is 1. The molecule has 3 aromatic rings. The molecule has 0 atom stereocenters. The Labute approximate surface area is 104 Å². The molecule has 2 heterocycles. The van der Waals surface area contributed by atoms with Crippen molar-refractivity contribution in [3.8, 4) is 6.07 Å². The normalized spacial score (nSPS) is 16.8. The minimum absolute atomic E-state index is 0.219. The SMILES string of the molecule is N#CC1(c2ccc3c(c2)[nH]c2ccncc23)CC1. The van der Waals surface area contributed by atoms with E-state index < -0.39 is 0 Å². The van der Waals surface area contributed by atoms with Gasteiger partial charge >= 0.3 is 0 Å².